The molecule has 752 valence electrons. The molecule has 0 saturated heterocycles. The summed E-state index contributed by atoms with van der Waals surface area (Å²) in [6, 6.07) is 98.4. The number of hydrogen-bond acceptors (Lipinski definition) is 13. The van der Waals surface area contributed by atoms with Crippen molar-refractivity contribution < 1.29 is 55.8 Å². The first-order valence-corrected chi connectivity index (χ1v) is 47.2. The maximum atomic E-state index is 13.8. The van der Waals surface area contributed by atoms with Crippen LogP contribution in [0.1, 0.15) is 137 Å². The van der Waals surface area contributed by atoms with Gasteiger partial charge < -0.3 is 63.4 Å². The fourth-order valence-corrected chi connectivity index (χ4v) is 17.6. The van der Waals surface area contributed by atoms with Gasteiger partial charge in [-0.1, -0.05) is 161 Å². The summed E-state index contributed by atoms with van der Waals surface area (Å²) in [5.74, 6) is -3.21. The van der Waals surface area contributed by atoms with Crippen LogP contribution in [0.4, 0.5) is 22.0 Å². The van der Waals surface area contributed by atoms with Crippen molar-refractivity contribution in [1.29, 1.82) is 0 Å². The molecular formula is C120H105F5N18O7. The number of carbonyl (C=O) groups is 6. The third kappa shape index (κ3) is 23.1. The number of nitrogens with one attached hydrogen (secondary N) is 6. The molecule has 0 fully saturated rings. The van der Waals surface area contributed by atoms with E-state index in [2.05, 4.69) is 60.1 Å². The average Bonchev–Trinajstić information content (AvgIpc) is 1.52. The SMILES string of the molecule is C.C.C.Cc1cc(C(=O)NCc2nc3ccccc3n3cccc23)cc(C(F)(F)F)c1.Cc1ccc(C(=O)NCc2nc3ccccc3n3cccc23)cc1.Cc1cccc(C(=O)NCc2nc3ccccc3n3cccc23)c1.O=C(NCc1nc2ccccc2n2cccc12)C1=CC=CC1.O=C(NCc1nc2ccccc2n2cccc12)c1cc(O)ccc1F.O=C(NCc1nc2ccccc2n2cccc12)c1ccccc1F. The Bertz CT molecular complexity index is 9050. The summed E-state index contributed by atoms with van der Waals surface area (Å²) < 4.78 is 78.8. The highest BCUT2D eigenvalue weighted by Crippen LogP contribution is 2.33. The minimum atomic E-state index is -4.50. The van der Waals surface area contributed by atoms with E-state index >= 15 is 0 Å². The van der Waals surface area contributed by atoms with Crippen molar-refractivity contribution in [3.05, 3.63) is 484 Å². The van der Waals surface area contributed by atoms with Gasteiger partial charge in [0.1, 0.15) is 17.4 Å². The second kappa shape index (κ2) is 46.3. The summed E-state index contributed by atoms with van der Waals surface area (Å²) in [5.41, 5.74) is 25.3. The highest BCUT2D eigenvalue weighted by Gasteiger charge is 2.32. The minimum absolute atomic E-state index is 0. The fraction of sp³-hybridized carbons (Fsp3) is 0.117. The standard InChI is InChI=1S/C21H16F3N3O.2C20H17N3O.C19H14FN3O2.C19H14FN3O.C18H15N3O.3CH4/c1-13-9-14(11-15(10-13)21(22,23)24)20(28)25-12-17-19-7-4-8-27(19)18-6-3-2-5-16(18)26-17;1-14-6-4-7-15(12-14)20(24)21-13-17-19-10-5-11-23(19)18-9-3-2-8-16(18)22-17;1-14-8-10-15(11-9-14)20(24)21-13-17-19-7-4-12-23(19)18-6-3-2-5-16(18)22-17;20-14-8-7-12(24)10-13(14)19(25)21-11-16-18-6-3-9-23(18)17-5-2-1-4-15(17)22-16;20-14-7-2-1-6-13(14)19(24)21-12-16-18-10-5-11-23(18)17-9-4-3-8-15(17)22-16;22-18(13-6-1-2-7-13)19-12-15-17-10-5-11-21(17)16-9-4-3-8-14(16)20-15;;;/h2-11H,12H2,1H3,(H,25,28);2*2-12H,13H2,1H3,(H,21,24);1-10,24H,11H2,(H,21,25);1-11H,12H2,(H,21,24);1-6,8-11H,7,12H2,(H,19,22);3*1H4. The van der Waals surface area contributed by atoms with E-state index < -0.39 is 41.1 Å². The lowest BCUT2D eigenvalue weighted by molar-refractivity contribution is -0.137. The molecule has 11 aromatic carbocycles. The number of alkyl halides is 3. The summed E-state index contributed by atoms with van der Waals surface area (Å²) >= 11 is 0. The van der Waals surface area contributed by atoms with E-state index in [0.717, 1.165) is 163 Å². The van der Waals surface area contributed by atoms with Gasteiger partial charge in [0.25, 0.3) is 29.5 Å². The second-order valence-electron chi connectivity index (χ2n) is 34.7. The van der Waals surface area contributed by atoms with Crippen molar-refractivity contribution in [3.63, 3.8) is 0 Å². The van der Waals surface area contributed by atoms with Gasteiger partial charge in [-0.25, -0.2) is 38.7 Å². The Hall–Kier alpha value is -19.1. The van der Waals surface area contributed by atoms with E-state index in [1.165, 1.54) is 31.2 Å². The van der Waals surface area contributed by atoms with Gasteiger partial charge in [-0.2, -0.15) is 13.2 Å². The number of aryl methyl sites for hydroxylation is 3. The van der Waals surface area contributed by atoms with Crippen LogP contribution < -0.4 is 31.9 Å². The van der Waals surface area contributed by atoms with Gasteiger partial charge in [-0.3, -0.25) is 28.8 Å². The lowest BCUT2D eigenvalue weighted by Crippen LogP contribution is -2.24. The van der Waals surface area contributed by atoms with Gasteiger partial charge in [-0.15, -0.1) is 0 Å². The van der Waals surface area contributed by atoms with Crippen LogP contribution in [-0.2, 0) is 50.2 Å². The second-order valence-corrected chi connectivity index (χ2v) is 34.7. The zero-order valence-corrected chi connectivity index (χ0v) is 79.5. The molecule has 1 aliphatic rings. The normalized spacial score (nSPS) is 11.4. The number of allylic oxidation sites excluding steroid dienone is 3. The number of phenols is 1. The molecule has 6 amide bonds. The molecule has 23 aromatic rings. The van der Waals surface area contributed by atoms with E-state index in [-0.39, 0.29) is 82.1 Å². The number of benzene rings is 11. The number of aromatic hydroxyl groups is 1. The van der Waals surface area contributed by atoms with Crippen LogP contribution in [-0.4, -0.2) is 96.9 Å². The van der Waals surface area contributed by atoms with Crippen molar-refractivity contribution >= 4 is 135 Å². The average molecular weight is 2010 g/mol. The fourth-order valence-electron chi connectivity index (χ4n) is 17.6. The van der Waals surface area contributed by atoms with Crippen LogP contribution in [0.15, 0.2) is 389 Å². The number of nitrogens with zero attached hydrogens (tertiary/aromatic N) is 12. The molecule has 1 aliphatic carbocycles. The van der Waals surface area contributed by atoms with Gasteiger partial charge in [0.15, 0.2) is 0 Å². The molecule has 24 rings (SSSR count). The zero-order chi connectivity index (χ0) is 102. The largest absolute Gasteiger partial charge is 0.508 e. The number of amides is 6. The Morgan fingerprint density at radius 2 is 0.593 bits per heavy atom. The molecule has 0 aliphatic heterocycles. The van der Waals surface area contributed by atoms with Gasteiger partial charge >= 0.3 is 6.18 Å². The predicted molar refractivity (Wildman–Crippen MR) is 579 cm³/mol. The molecule has 30 heteroatoms. The molecule has 12 aromatic heterocycles. The first-order valence-electron chi connectivity index (χ1n) is 47.2. The smallest absolute Gasteiger partial charge is 0.416 e. The number of rotatable bonds is 18. The summed E-state index contributed by atoms with van der Waals surface area (Å²) in [6.45, 7) is 7.20. The molecule has 0 saturated carbocycles. The molecule has 0 unspecified atom stereocenters. The first kappa shape index (κ1) is 104. The van der Waals surface area contributed by atoms with Crippen LogP contribution in [0.5, 0.6) is 5.75 Å². The number of carbonyl (C=O) groups excluding carboxylic acids is 6. The highest BCUT2D eigenvalue weighted by molar-refractivity contribution is 5.99. The number of aromatic nitrogens is 12. The monoisotopic (exact) mass is 2000 g/mol. The summed E-state index contributed by atoms with van der Waals surface area (Å²) in [4.78, 5) is 102. The number of halogens is 5. The molecule has 0 bridgehead atoms. The van der Waals surface area contributed by atoms with Crippen LogP contribution >= 0.6 is 0 Å². The molecule has 25 nitrogen and oxygen atoms in total. The summed E-state index contributed by atoms with van der Waals surface area (Å²) in [7, 11) is 0. The van der Waals surface area contributed by atoms with E-state index in [9.17, 15) is 55.8 Å². The van der Waals surface area contributed by atoms with Crippen LogP contribution in [0.3, 0.4) is 0 Å². The lowest BCUT2D eigenvalue weighted by Gasteiger charge is -2.12. The van der Waals surface area contributed by atoms with Crippen molar-refractivity contribution in [2.75, 3.05) is 0 Å². The van der Waals surface area contributed by atoms with Crippen LogP contribution in [0, 0.1) is 32.4 Å². The Labute approximate surface area is 858 Å². The molecule has 0 spiro atoms. The van der Waals surface area contributed by atoms with Crippen molar-refractivity contribution in [2.45, 2.75) is 94.9 Å². The maximum Gasteiger partial charge on any atom is 0.416 e. The van der Waals surface area contributed by atoms with Crippen LogP contribution in [0.25, 0.3) is 99.3 Å². The predicted octanol–water partition coefficient (Wildman–Crippen LogP) is 23.9. The summed E-state index contributed by atoms with van der Waals surface area (Å²) in [5, 5.41) is 26.4. The van der Waals surface area contributed by atoms with Gasteiger partial charge in [0.2, 0.25) is 5.91 Å². The van der Waals surface area contributed by atoms with Crippen molar-refractivity contribution in [3.8, 4) is 5.75 Å². The topological polar surface area (TPSA) is 299 Å². The number of para-hydroxylation sites is 12. The van der Waals surface area contributed by atoms with E-state index in [4.69, 9.17) is 15.0 Å². The van der Waals surface area contributed by atoms with Crippen LogP contribution in [0.2, 0.25) is 0 Å². The molecule has 0 atom stereocenters. The third-order valence-corrected chi connectivity index (χ3v) is 24.8. The Kier molecular flexibility index (Phi) is 32.0. The van der Waals surface area contributed by atoms with Crippen molar-refractivity contribution in [2.24, 2.45) is 0 Å². The highest BCUT2D eigenvalue weighted by atomic mass is 19.4. The first-order chi connectivity index (χ1) is 71.5. The molecule has 7 N–H and O–H groups in total. The third-order valence-electron chi connectivity index (χ3n) is 24.8. The van der Waals surface area contributed by atoms with E-state index in [0.29, 0.717) is 54.1 Å². The number of phenolic OH excluding ortho intramolecular Hbond substituents is 1. The van der Waals surface area contributed by atoms with Gasteiger partial charge in [0.05, 0.1) is 189 Å². The summed E-state index contributed by atoms with van der Waals surface area (Å²) in [6.07, 6.45) is 13.8. The van der Waals surface area contributed by atoms with Crippen molar-refractivity contribution in [1.82, 2.24) is 88.2 Å². The van der Waals surface area contributed by atoms with Gasteiger partial charge in [-0.05, 0) is 251 Å². The Morgan fingerprint density at radius 3 is 0.940 bits per heavy atom. The Balaban J connectivity index is 0.000000128. The minimum Gasteiger partial charge on any atom is -0.508 e. The van der Waals surface area contributed by atoms with E-state index in [1.807, 2.05) is 349 Å². The van der Waals surface area contributed by atoms with E-state index in [1.54, 1.807) is 12.1 Å². The molecule has 150 heavy (non-hydrogen) atoms. The molecule has 0 radical (unpaired) electrons. The lowest BCUT2D eigenvalue weighted by atomic mass is 10.1. The van der Waals surface area contributed by atoms with Gasteiger partial charge in [0, 0.05) is 59.4 Å². The number of fused-ring (bicyclic) bond motifs is 18. The zero-order valence-electron chi connectivity index (χ0n) is 79.5. The molecular weight excluding hydrogens is 1900 g/mol. The molecule has 12 heterocycles. The maximum absolute atomic E-state index is 13.8. The quantitative estimate of drug-likeness (QED) is 0.0394. The number of hydrogen-bond donors (Lipinski definition) is 7. The Morgan fingerprint density at radius 1 is 0.287 bits per heavy atom.